The monoisotopic (exact) mass is 601 g/mol. The average molecular weight is 602 g/mol. The third-order valence-corrected chi connectivity index (χ3v) is 6.49. The Hall–Kier alpha value is -3.87. The first-order chi connectivity index (χ1) is 19.7. The molecule has 0 bridgehead atoms. The van der Waals surface area contributed by atoms with Gasteiger partial charge in [-0.05, 0) is 62.4 Å². The van der Waals surface area contributed by atoms with Crippen molar-refractivity contribution in [2.24, 2.45) is 0 Å². The predicted octanol–water partition coefficient (Wildman–Crippen LogP) is 6.33. The number of hydrogen-bond donors (Lipinski definition) is 2. The van der Waals surface area contributed by atoms with E-state index >= 15 is 0 Å². The number of aromatic nitrogens is 2. The fraction of sp³-hybridized carbons (Fsp3) is 0.414. The van der Waals surface area contributed by atoms with Crippen LogP contribution in [0.3, 0.4) is 0 Å². The molecule has 7 nitrogen and oxygen atoms in total. The molecular weight excluding hydrogens is 568 g/mol. The van der Waals surface area contributed by atoms with Crippen LogP contribution in [0, 0.1) is 0 Å². The van der Waals surface area contributed by atoms with Crippen LogP contribution in [0.5, 0.6) is 0 Å². The molecule has 0 radical (unpaired) electrons. The Morgan fingerprint density at radius 2 is 1.26 bits per heavy atom. The summed E-state index contributed by atoms with van der Waals surface area (Å²) in [5.41, 5.74) is 5.78. The number of benzene rings is 2. The number of carboxylic acid groups (broad SMARTS) is 2. The van der Waals surface area contributed by atoms with Gasteiger partial charge < -0.3 is 10.2 Å². The minimum atomic E-state index is -5.08. The first-order valence-electron chi connectivity index (χ1n) is 13.2. The van der Waals surface area contributed by atoms with Crippen molar-refractivity contribution in [3.8, 4) is 0 Å². The van der Waals surface area contributed by atoms with Crippen molar-refractivity contribution in [2.75, 3.05) is 13.1 Å². The molecule has 1 aromatic heterocycles. The van der Waals surface area contributed by atoms with Crippen LogP contribution in [-0.4, -0.2) is 62.3 Å². The fourth-order valence-electron chi connectivity index (χ4n) is 4.48. The van der Waals surface area contributed by atoms with Crippen molar-refractivity contribution in [1.29, 1.82) is 0 Å². The molecule has 2 heterocycles. The minimum Gasteiger partial charge on any atom is -0.475 e. The normalized spacial score (nSPS) is 14.3. The molecule has 3 aromatic rings. The largest absolute Gasteiger partial charge is 0.490 e. The summed E-state index contributed by atoms with van der Waals surface area (Å²) < 4.78 is 65.7. The van der Waals surface area contributed by atoms with Crippen LogP contribution in [0.2, 0.25) is 0 Å². The van der Waals surface area contributed by atoms with E-state index in [1.165, 1.54) is 48.3 Å². The minimum absolute atomic E-state index is 0.639. The summed E-state index contributed by atoms with van der Waals surface area (Å²) in [6, 6.07) is 21.7. The van der Waals surface area contributed by atoms with Crippen LogP contribution >= 0.6 is 0 Å². The first kappa shape index (κ1) is 34.3. The molecule has 4 rings (SSSR count). The maximum absolute atomic E-state index is 10.6. The van der Waals surface area contributed by atoms with E-state index in [1.54, 1.807) is 0 Å². The molecule has 0 aliphatic carbocycles. The van der Waals surface area contributed by atoms with Crippen molar-refractivity contribution < 1.29 is 46.1 Å². The van der Waals surface area contributed by atoms with Gasteiger partial charge in [0.2, 0.25) is 0 Å². The number of halogens is 6. The molecule has 0 amide bonds. The molecule has 230 valence electrons. The molecule has 13 heteroatoms. The van der Waals surface area contributed by atoms with Gasteiger partial charge in [0.15, 0.2) is 0 Å². The van der Waals surface area contributed by atoms with Crippen LogP contribution in [0.1, 0.15) is 48.1 Å². The number of carboxylic acids is 2. The zero-order valence-electron chi connectivity index (χ0n) is 22.9. The van der Waals surface area contributed by atoms with Gasteiger partial charge in [-0.15, -0.1) is 0 Å². The molecule has 1 fully saturated rings. The second-order valence-electron chi connectivity index (χ2n) is 9.50. The van der Waals surface area contributed by atoms with Gasteiger partial charge in [-0.3, -0.25) is 9.58 Å². The third kappa shape index (κ3) is 11.6. The zero-order valence-corrected chi connectivity index (χ0v) is 22.9. The predicted molar refractivity (Wildman–Crippen MR) is 143 cm³/mol. The number of hydrogen-bond acceptors (Lipinski definition) is 4. The van der Waals surface area contributed by atoms with Gasteiger partial charge in [0.1, 0.15) is 0 Å². The number of aliphatic carboxylic acids is 2. The second kappa shape index (κ2) is 15.9. The van der Waals surface area contributed by atoms with Gasteiger partial charge >= 0.3 is 24.3 Å². The van der Waals surface area contributed by atoms with Gasteiger partial charge in [-0.25, -0.2) is 9.59 Å². The second-order valence-corrected chi connectivity index (χ2v) is 9.50. The van der Waals surface area contributed by atoms with E-state index in [0.29, 0.717) is 5.92 Å². The Morgan fingerprint density at radius 1 is 0.810 bits per heavy atom. The van der Waals surface area contributed by atoms with Gasteiger partial charge in [0, 0.05) is 24.7 Å². The zero-order chi connectivity index (χ0) is 31.3. The number of piperidine rings is 1. The highest BCUT2D eigenvalue weighted by molar-refractivity contribution is 5.73. The lowest BCUT2D eigenvalue weighted by molar-refractivity contribution is -0.193. The lowest BCUT2D eigenvalue weighted by Crippen LogP contribution is -2.33. The van der Waals surface area contributed by atoms with Crippen LogP contribution < -0.4 is 0 Å². The summed E-state index contributed by atoms with van der Waals surface area (Å²) in [7, 11) is 0. The molecule has 2 aromatic carbocycles. The maximum Gasteiger partial charge on any atom is 0.490 e. The van der Waals surface area contributed by atoms with Crippen molar-refractivity contribution in [3.63, 3.8) is 0 Å². The standard InChI is InChI=1S/C25H31N3.2C2HF3O2/c1-2-28-25(24(19-26-28)14-13-21-9-5-3-6-10-21)23-15-17-27(18-16-23)20-22-11-7-4-8-12-22;2*3-2(4,5)1(6)7/h3-12,19,23H,2,13-18,20H2,1H3;2*(H,6,7). The van der Waals surface area contributed by atoms with Gasteiger partial charge in [-0.2, -0.15) is 31.4 Å². The number of nitrogens with zero attached hydrogens (tertiary/aromatic N) is 3. The molecule has 42 heavy (non-hydrogen) atoms. The summed E-state index contributed by atoms with van der Waals surface area (Å²) in [6.07, 6.45) is -3.40. The smallest absolute Gasteiger partial charge is 0.475 e. The highest BCUT2D eigenvalue weighted by Crippen LogP contribution is 2.31. The number of likely N-dealkylation sites (tertiary alicyclic amines) is 1. The molecular formula is C29H33F6N3O4. The molecule has 0 saturated carbocycles. The van der Waals surface area contributed by atoms with E-state index in [-0.39, 0.29) is 0 Å². The molecule has 0 atom stereocenters. The quantitative estimate of drug-likeness (QED) is 0.307. The van der Waals surface area contributed by atoms with Crippen molar-refractivity contribution in [1.82, 2.24) is 14.7 Å². The van der Waals surface area contributed by atoms with Crippen molar-refractivity contribution in [3.05, 3.63) is 89.2 Å². The Balaban J connectivity index is 0.000000367. The van der Waals surface area contributed by atoms with Crippen molar-refractivity contribution in [2.45, 2.75) is 64.0 Å². The highest BCUT2D eigenvalue weighted by Gasteiger charge is 2.38. The number of aryl methyl sites for hydroxylation is 3. The highest BCUT2D eigenvalue weighted by atomic mass is 19.4. The molecule has 2 N–H and O–H groups in total. The van der Waals surface area contributed by atoms with E-state index in [1.807, 2.05) is 0 Å². The van der Waals surface area contributed by atoms with Crippen LogP contribution in [0.4, 0.5) is 26.3 Å². The van der Waals surface area contributed by atoms with Gasteiger partial charge in [0.05, 0.1) is 6.20 Å². The topological polar surface area (TPSA) is 95.7 Å². The van der Waals surface area contributed by atoms with E-state index < -0.39 is 24.3 Å². The molecule has 0 spiro atoms. The summed E-state index contributed by atoms with van der Waals surface area (Å²) in [4.78, 5) is 20.4. The van der Waals surface area contributed by atoms with Crippen LogP contribution in [0.25, 0.3) is 0 Å². The molecule has 1 aliphatic rings. The molecule has 1 saturated heterocycles. The Kier molecular flexibility index (Phi) is 13.0. The number of rotatable bonds is 7. The van der Waals surface area contributed by atoms with Gasteiger partial charge in [-0.1, -0.05) is 60.7 Å². The van der Waals surface area contributed by atoms with E-state index in [2.05, 4.69) is 83.4 Å². The third-order valence-electron chi connectivity index (χ3n) is 6.49. The lowest BCUT2D eigenvalue weighted by atomic mass is 9.89. The maximum atomic E-state index is 10.6. The Morgan fingerprint density at radius 3 is 1.69 bits per heavy atom. The van der Waals surface area contributed by atoms with Gasteiger partial charge in [0.25, 0.3) is 0 Å². The Bertz CT molecular complexity index is 1220. The van der Waals surface area contributed by atoms with E-state index in [9.17, 15) is 26.3 Å². The SMILES string of the molecule is CCn1ncc(CCc2ccccc2)c1C1CCN(Cc2ccccc2)CC1.O=C(O)C(F)(F)F.O=C(O)C(F)(F)F. The summed E-state index contributed by atoms with van der Waals surface area (Å²) in [6.45, 7) is 6.59. The molecule has 1 aliphatic heterocycles. The average Bonchev–Trinajstić information content (AvgIpc) is 3.36. The summed E-state index contributed by atoms with van der Waals surface area (Å²) in [5, 5.41) is 19.0. The van der Waals surface area contributed by atoms with Crippen molar-refractivity contribution >= 4 is 11.9 Å². The number of alkyl halides is 6. The first-order valence-corrected chi connectivity index (χ1v) is 13.2. The van der Waals surface area contributed by atoms with Crippen LogP contribution in [0.15, 0.2) is 66.9 Å². The number of carbonyl (C=O) groups is 2. The van der Waals surface area contributed by atoms with E-state index in [4.69, 9.17) is 24.9 Å². The Labute approximate surface area is 239 Å². The summed E-state index contributed by atoms with van der Waals surface area (Å²) >= 11 is 0. The fourth-order valence-corrected chi connectivity index (χ4v) is 4.48. The lowest BCUT2D eigenvalue weighted by Gasteiger charge is -2.32. The summed E-state index contributed by atoms with van der Waals surface area (Å²) in [5.74, 6) is -4.87. The van der Waals surface area contributed by atoms with E-state index in [0.717, 1.165) is 25.9 Å². The molecule has 0 unspecified atom stereocenters. The van der Waals surface area contributed by atoms with Crippen LogP contribution in [-0.2, 0) is 35.5 Å².